The summed E-state index contributed by atoms with van der Waals surface area (Å²) in [5.74, 6) is -0.541. The summed E-state index contributed by atoms with van der Waals surface area (Å²) in [6.45, 7) is 5.48. The van der Waals surface area contributed by atoms with Crippen molar-refractivity contribution in [2.75, 3.05) is 4.72 Å². The van der Waals surface area contributed by atoms with Crippen LogP contribution in [0.15, 0.2) is 29.3 Å². The number of hydrogen-bond donors (Lipinski definition) is 1. The number of ether oxygens (including phenoxy) is 1. The molecule has 0 amide bonds. The highest BCUT2D eigenvalue weighted by Gasteiger charge is 2.22. The van der Waals surface area contributed by atoms with Crippen LogP contribution >= 0.6 is 11.3 Å². The topological polar surface area (TPSA) is 68.3 Å². The van der Waals surface area contributed by atoms with Crippen molar-refractivity contribution >= 4 is 26.5 Å². The molecule has 1 aromatic heterocycles. The molecule has 0 aliphatic heterocycles. The van der Waals surface area contributed by atoms with Crippen molar-refractivity contribution in [2.24, 2.45) is 0 Å². The average Bonchev–Trinajstić information content (AvgIpc) is 2.87. The number of halogens is 1. The Hall–Kier alpha value is -1.67. The van der Waals surface area contributed by atoms with Crippen molar-refractivity contribution in [3.63, 3.8) is 0 Å². The molecule has 0 aliphatic rings. The van der Waals surface area contributed by atoms with Crippen LogP contribution in [0.5, 0.6) is 5.75 Å². The molecule has 0 atom stereocenters. The summed E-state index contributed by atoms with van der Waals surface area (Å²) >= 11 is 1.24. The highest BCUT2D eigenvalue weighted by atomic mass is 32.2. The van der Waals surface area contributed by atoms with Crippen LogP contribution in [0.3, 0.4) is 0 Å². The minimum atomic E-state index is -3.97. The van der Waals surface area contributed by atoms with Crippen LogP contribution in [-0.2, 0) is 16.4 Å². The van der Waals surface area contributed by atoms with E-state index in [4.69, 9.17) is 4.74 Å². The van der Waals surface area contributed by atoms with Crippen molar-refractivity contribution in [2.45, 2.75) is 38.2 Å². The highest BCUT2D eigenvalue weighted by molar-refractivity contribution is 7.93. The van der Waals surface area contributed by atoms with Crippen molar-refractivity contribution in [3.05, 3.63) is 35.1 Å². The molecule has 0 saturated carbocycles. The summed E-state index contributed by atoms with van der Waals surface area (Å²) in [6.07, 6.45) is 2.15. The van der Waals surface area contributed by atoms with Gasteiger partial charge in [-0.15, -0.1) is 11.3 Å². The van der Waals surface area contributed by atoms with Gasteiger partial charge in [-0.3, -0.25) is 4.72 Å². The van der Waals surface area contributed by atoms with Gasteiger partial charge in [0.1, 0.15) is 16.5 Å². The summed E-state index contributed by atoms with van der Waals surface area (Å²) in [5.41, 5.74) is 0. The molecular weight excluding hydrogens is 327 g/mol. The van der Waals surface area contributed by atoms with E-state index in [-0.39, 0.29) is 21.9 Å². The lowest BCUT2D eigenvalue weighted by atomic mass is 10.3. The van der Waals surface area contributed by atoms with Gasteiger partial charge in [-0.2, -0.15) is 0 Å². The highest BCUT2D eigenvalue weighted by Crippen LogP contribution is 2.29. The molecule has 0 aliphatic carbocycles. The number of aryl methyl sites for hydroxylation is 1. The van der Waals surface area contributed by atoms with Crippen LogP contribution in [0.4, 0.5) is 9.52 Å². The Morgan fingerprint density at radius 1 is 1.41 bits per heavy atom. The molecule has 0 bridgehead atoms. The smallest absolute Gasteiger partial charge is 0.267 e. The largest absolute Gasteiger partial charge is 0.490 e. The zero-order valence-corrected chi connectivity index (χ0v) is 14.1. The van der Waals surface area contributed by atoms with Crippen LogP contribution in [0.1, 0.15) is 25.6 Å². The lowest BCUT2D eigenvalue weighted by molar-refractivity contribution is 0.235. The molecule has 0 saturated heterocycles. The van der Waals surface area contributed by atoms with E-state index in [1.54, 1.807) is 20.0 Å². The number of benzene rings is 1. The lowest BCUT2D eigenvalue weighted by Crippen LogP contribution is -2.16. The molecule has 0 unspecified atom stereocenters. The van der Waals surface area contributed by atoms with Gasteiger partial charge in [0, 0.05) is 11.1 Å². The number of rotatable bonds is 6. The van der Waals surface area contributed by atoms with Gasteiger partial charge in [-0.25, -0.2) is 17.8 Å². The second-order valence-electron chi connectivity index (χ2n) is 4.85. The molecule has 0 fully saturated rings. The van der Waals surface area contributed by atoms with Crippen LogP contribution in [-0.4, -0.2) is 19.5 Å². The summed E-state index contributed by atoms with van der Waals surface area (Å²) < 4.78 is 46.2. The first-order valence-electron chi connectivity index (χ1n) is 6.75. The van der Waals surface area contributed by atoms with E-state index in [0.29, 0.717) is 0 Å². The van der Waals surface area contributed by atoms with E-state index < -0.39 is 15.8 Å². The predicted molar refractivity (Wildman–Crippen MR) is 84.5 cm³/mol. The Labute approximate surface area is 133 Å². The van der Waals surface area contributed by atoms with Gasteiger partial charge in [0.15, 0.2) is 5.13 Å². The predicted octanol–water partition coefficient (Wildman–Crippen LogP) is 3.43. The quantitative estimate of drug-likeness (QED) is 0.872. The molecule has 1 aromatic carbocycles. The molecular formula is C14H17FN2O3S2. The Balaban J connectivity index is 2.37. The van der Waals surface area contributed by atoms with Crippen molar-refractivity contribution in [1.82, 2.24) is 4.98 Å². The Kier molecular flexibility index (Phi) is 5.02. The normalized spacial score (nSPS) is 11.7. The van der Waals surface area contributed by atoms with Gasteiger partial charge >= 0.3 is 0 Å². The van der Waals surface area contributed by atoms with Gasteiger partial charge in [-0.05, 0) is 38.5 Å². The van der Waals surface area contributed by atoms with E-state index in [9.17, 15) is 12.8 Å². The van der Waals surface area contributed by atoms with Crippen molar-refractivity contribution in [3.8, 4) is 5.75 Å². The number of thiazole rings is 1. The minimum absolute atomic E-state index is 0.108. The lowest BCUT2D eigenvalue weighted by Gasteiger charge is -2.14. The molecule has 1 heterocycles. The van der Waals surface area contributed by atoms with E-state index in [1.807, 2.05) is 6.92 Å². The number of anilines is 1. The van der Waals surface area contributed by atoms with Crippen molar-refractivity contribution in [1.29, 1.82) is 0 Å². The Bertz CT molecular complexity index is 757. The van der Waals surface area contributed by atoms with Gasteiger partial charge in [0.05, 0.1) is 6.10 Å². The maximum Gasteiger partial charge on any atom is 0.267 e. The van der Waals surface area contributed by atoms with E-state index in [0.717, 1.165) is 23.4 Å². The molecule has 2 rings (SSSR count). The Morgan fingerprint density at radius 2 is 2.14 bits per heavy atom. The number of hydrogen-bond acceptors (Lipinski definition) is 5. The molecule has 0 radical (unpaired) electrons. The monoisotopic (exact) mass is 344 g/mol. The summed E-state index contributed by atoms with van der Waals surface area (Å²) in [5, 5.41) is 0.247. The second kappa shape index (κ2) is 6.62. The molecule has 2 aromatic rings. The minimum Gasteiger partial charge on any atom is -0.490 e. The fraction of sp³-hybridized carbons (Fsp3) is 0.357. The first-order chi connectivity index (χ1) is 10.3. The van der Waals surface area contributed by atoms with E-state index in [2.05, 4.69) is 9.71 Å². The molecule has 5 nitrogen and oxygen atoms in total. The number of sulfonamides is 1. The second-order valence-corrected chi connectivity index (χ2v) is 7.61. The van der Waals surface area contributed by atoms with Crippen LogP contribution in [0.25, 0.3) is 0 Å². The first-order valence-corrected chi connectivity index (χ1v) is 9.05. The summed E-state index contributed by atoms with van der Waals surface area (Å²) in [7, 11) is -3.97. The van der Waals surface area contributed by atoms with Crippen LogP contribution in [0, 0.1) is 5.82 Å². The van der Waals surface area contributed by atoms with Gasteiger partial charge < -0.3 is 4.74 Å². The summed E-state index contributed by atoms with van der Waals surface area (Å²) in [4.78, 5) is 4.72. The van der Waals surface area contributed by atoms with Gasteiger partial charge in [0.25, 0.3) is 10.0 Å². The molecule has 0 spiro atoms. The standard InChI is InChI=1S/C14H17FN2O3S2/c1-4-11-8-16-14(21-11)17-22(18,19)13-7-10(15)5-6-12(13)20-9(2)3/h5-9H,4H2,1-3H3,(H,16,17). The average molecular weight is 344 g/mol. The Morgan fingerprint density at radius 3 is 2.73 bits per heavy atom. The fourth-order valence-corrected chi connectivity index (χ4v) is 3.87. The van der Waals surface area contributed by atoms with Gasteiger partial charge in [0.2, 0.25) is 0 Å². The zero-order chi connectivity index (χ0) is 16.3. The zero-order valence-electron chi connectivity index (χ0n) is 12.5. The molecule has 1 N–H and O–H groups in total. The van der Waals surface area contributed by atoms with Crippen LogP contribution in [0.2, 0.25) is 0 Å². The third kappa shape index (κ3) is 3.95. The first kappa shape index (κ1) is 16.7. The third-order valence-electron chi connectivity index (χ3n) is 2.68. The molecule has 22 heavy (non-hydrogen) atoms. The van der Waals surface area contributed by atoms with E-state index >= 15 is 0 Å². The van der Waals surface area contributed by atoms with E-state index in [1.165, 1.54) is 17.4 Å². The molecule has 8 heteroatoms. The maximum absolute atomic E-state index is 13.5. The maximum atomic E-state index is 13.5. The number of nitrogens with one attached hydrogen (secondary N) is 1. The van der Waals surface area contributed by atoms with Gasteiger partial charge in [-0.1, -0.05) is 6.92 Å². The molecule has 120 valence electrons. The number of aromatic nitrogens is 1. The summed E-state index contributed by atoms with van der Waals surface area (Å²) in [6, 6.07) is 3.41. The van der Waals surface area contributed by atoms with Crippen molar-refractivity contribution < 1.29 is 17.5 Å². The SMILES string of the molecule is CCc1cnc(NS(=O)(=O)c2cc(F)ccc2OC(C)C)s1. The number of nitrogens with zero attached hydrogens (tertiary/aromatic N) is 1. The third-order valence-corrected chi connectivity index (χ3v) is 5.23. The van der Waals surface area contributed by atoms with Crippen LogP contribution < -0.4 is 9.46 Å². The fourth-order valence-electron chi connectivity index (χ4n) is 1.73.